The van der Waals surface area contributed by atoms with Gasteiger partial charge in [0.2, 0.25) is 11.8 Å². The highest BCUT2D eigenvalue weighted by atomic mass is 32.2. The van der Waals surface area contributed by atoms with Crippen molar-refractivity contribution < 1.29 is 37.0 Å². The largest absolute Gasteiger partial charge is 0.497 e. The topological polar surface area (TPSA) is 124 Å². The number of carbonyl (C=O) groups excluding carboxylic acids is 2. The second-order valence-corrected chi connectivity index (χ2v) is 11.0. The van der Waals surface area contributed by atoms with Crippen LogP contribution in [-0.4, -0.2) is 72.7 Å². The van der Waals surface area contributed by atoms with Crippen molar-refractivity contribution in [2.45, 2.75) is 31.3 Å². The molecule has 0 saturated heterocycles. The number of likely N-dealkylation sites (N-methyl/N-ethyl adjacent to an activating group) is 1. The molecular formula is C30H37N3O8S. The third kappa shape index (κ3) is 7.43. The maximum atomic E-state index is 14.1. The van der Waals surface area contributed by atoms with Crippen LogP contribution in [0.1, 0.15) is 19.4 Å². The van der Waals surface area contributed by atoms with Crippen molar-refractivity contribution in [3.8, 4) is 23.0 Å². The molecule has 0 aliphatic rings. The van der Waals surface area contributed by atoms with Gasteiger partial charge in [-0.1, -0.05) is 12.1 Å². The van der Waals surface area contributed by atoms with Gasteiger partial charge in [-0.15, -0.1) is 0 Å². The number of sulfonamides is 1. The maximum Gasteiger partial charge on any atom is 0.264 e. The van der Waals surface area contributed by atoms with E-state index < -0.39 is 34.4 Å². The second-order valence-electron chi connectivity index (χ2n) is 9.12. The molecule has 0 radical (unpaired) electrons. The van der Waals surface area contributed by atoms with Crippen molar-refractivity contribution in [1.82, 2.24) is 10.2 Å². The highest BCUT2D eigenvalue weighted by Crippen LogP contribution is 2.33. The molecule has 11 nitrogen and oxygen atoms in total. The van der Waals surface area contributed by atoms with Crippen LogP contribution < -0.4 is 28.6 Å². The second kappa shape index (κ2) is 14.4. The Balaban J connectivity index is 2.08. The number of amides is 2. The van der Waals surface area contributed by atoms with Crippen molar-refractivity contribution in [1.29, 1.82) is 0 Å². The molecule has 2 amide bonds. The summed E-state index contributed by atoms with van der Waals surface area (Å²) in [7, 11) is 1.54. The summed E-state index contributed by atoms with van der Waals surface area (Å²) in [6.45, 7) is 3.31. The predicted octanol–water partition coefficient (Wildman–Crippen LogP) is 3.47. The van der Waals surface area contributed by atoms with Crippen LogP contribution in [0.5, 0.6) is 23.0 Å². The van der Waals surface area contributed by atoms with Crippen molar-refractivity contribution in [3.63, 3.8) is 0 Å². The fourth-order valence-electron chi connectivity index (χ4n) is 4.27. The molecule has 0 saturated carbocycles. The van der Waals surface area contributed by atoms with Crippen LogP contribution in [0.2, 0.25) is 0 Å². The molecule has 1 unspecified atom stereocenters. The van der Waals surface area contributed by atoms with E-state index in [0.29, 0.717) is 29.4 Å². The van der Waals surface area contributed by atoms with E-state index >= 15 is 0 Å². The Kier molecular flexibility index (Phi) is 11.0. The number of methoxy groups -OCH3 is 3. The molecule has 0 aromatic heterocycles. The standard InChI is InChI=1S/C30H37N3O8S/c1-7-41-24-13-11-23(12-14-24)33(42(36,37)26-15-16-27(39-5)28(18-26)40-6)20-29(34)32(21(2)30(35)31-3)19-22-9-8-10-25(17-22)38-4/h8-18,21H,7,19-20H2,1-6H3,(H,31,35). The summed E-state index contributed by atoms with van der Waals surface area (Å²) >= 11 is 0. The van der Waals surface area contributed by atoms with E-state index in [2.05, 4.69) is 5.32 Å². The van der Waals surface area contributed by atoms with Crippen molar-refractivity contribution >= 4 is 27.5 Å². The van der Waals surface area contributed by atoms with Gasteiger partial charge in [0.05, 0.1) is 38.5 Å². The summed E-state index contributed by atoms with van der Waals surface area (Å²) in [6, 6.07) is 16.7. The number of hydrogen-bond donors (Lipinski definition) is 1. The molecule has 0 bridgehead atoms. The molecule has 0 aliphatic carbocycles. The van der Waals surface area contributed by atoms with Gasteiger partial charge in [-0.05, 0) is 67.9 Å². The first kappa shape index (κ1) is 32.1. The van der Waals surface area contributed by atoms with E-state index in [1.54, 1.807) is 55.5 Å². The van der Waals surface area contributed by atoms with Gasteiger partial charge in [-0.3, -0.25) is 13.9 Å². The molecule has 1 N–H and O–H groups in total. The van der Waals surface area contributed by atoms with E-state index in [4.69, 9.17) is 18.9 Å². The molecule has 226 valence electrons. The maximum absolute atomic E-state index is 14.1. The van der Waals surface area contributed by atoms with Crippen molar-refractivity contribution in [2.24, 2.45) is 0 Å². The van der Waals surface area contributed by atoms with Gasteiger partial charge in [-0.25, -0.2) is 8.42 Å². The van der Waals surface area contributed by atoms with E-state index in [0.717, 1.165) is 4.31 Å². The monoisotopic (exact) mass is 599 g/mol. The molecule has 12 heteroatoms. The summed E-state index contributed by atoms with van der Waals surface area (Å²) in [5.74, 6) is 0.699. The summed E-state index contributed by atoms with van der Waals surface area (Å²) in [5, 5.41) is 2.56. The lowest BCUT2D eigenvalue weighted by atomic mass is 10.1. The van der Waals surface area contributed by atoms with E-state index in [1.165, 1.54) is 51.5 Å². The van der Waals surface area contributed by atoms with Crippen LogP contribution in [-0.2, 0) is 26.2 Å². The Bertz CT molecular complexity index is 1480. The lowest BCUT2D eigenvalue weighted by Gasteiger charge is -2.32. The van der Waals surface area contributed by atoms with Crippen molar-refractivity contribution in [3.05, 3.63) is 72.3 Å². The average molecular weight is 600 g/mol. The molecule has 0 heterocycles. The van der Waals surface area contributed by atoms with Gasteiger partial charge < -0.3 is 29.2 Å². The minimum absolute atomic E-state index is 0.0398. The van der Waals surface area contributed by atoms with Crippen LogP contribution in [0.25, 0.3) is 0 Å². The zero-order valence-corrected chi connectivity index (χ0v) is 25.4. The van der Waals surface area contributed by atoms with E-state index in [9.17, 15) is 18.0 Å². The fraction of sp³-hybridized carbons (Fsp3) is 0.333. The van der Waals surface area contributed by atoms with Gasteiger partial charge in [0.15, 0.2) is 11.5 Å². The first-order chi connectivity index (χ1) is 20.1. The quantitative estimate of drug-likeness (QED) is 0.299. The van der Waals surface area contributed by atoms with Crippen molar-refractivity contribution in [2.75, 3.05) is 45.8 Å². The number of hydrogen-bond acceptors (Lipinski definition) is 8. The van der Waals surface area contributed by atoms with Crippen LogP contribution in [0.4, 0.5) is 5.69 Å². The van der Waals surface area contributed by atoms with Gasteiger partial charge in [0.1, 0.15) is 24.1 Å². The minimum atomic E-state index is -4.31. The van der Waals surface area contributed by atoms with E-state index in [1.807, 2.05) is 6.92 Å². The molecule has 0 aliphatic heterocycles. The number of nitrogens with one attached hydrogen (secondary N) is 1. The third-order valence-corrected chi connectivity index (χ3v) is 8.33. The van der Waals surface area contributed by atoms with Gasteiger partial charge >= 0.3 is 0 Å². The number of nitrogens with zero attached hydrogens (tertiary/aromatic N) is 2. The fourth-order valence-corrected chi connectivity index (χ4v) is 5.70. The molecule has 0 fully saturated rings. The van der Waals surface area contributed by atoms with Crippen LogP contribution in [0.3, 0.4) is 0 Å². The highest BCUT2D eigenvalue weighted by molar-refractivity contribution is 7.92. The van der Waals surface area contributed by atoms with Crippen LogP contribution in [0, 0.1) is 0 Å². The summed E-state index contributed by atoms with van der Waals surface area (Å²) in [5.41, 5.74) is 0.935. The zero-order valence-electron chi connectivity index (χ0n) is 24.6. The highest BCUT2D eigenvalue weighted by Gasteiger charge is 2.33. The normalized spacial score (nSPS) is 11.7. The van der Waals surface area contributed by atoms with Crippen LogP contribution in [0.15, 0.2) is 71.6 Å². The molecule has 3 rings (SSSR count). The first-order valence-electron chi connectivity index (χ1n) is 13.2. The number of rotatable bonds is 14. The van der Waals surface area contributed by atoms with Gasteiger partial charge in [-0.2, -0.15) is 0 Å². The summed E-state index contributed by atoms with van der Waals surface area (Å²) < 4.78 is 50.6. The Morgan fingerprint density at radius 2 is 1.57 bits per heavy atom. The SMILES string of the molecule is CCOc1ccc(N(CC(=O)N(Cc2cccc(OC)c2)C(C)C(=O)NC)S(=O)(=O)c2ccc(OC)c(OC)c2)cc1. The molecule has 3 aromatic rings. The lowest BCUT2D eigenvalue weighted by Crippen LogP contribution is -2.50. The minimum Gasteiger partial charge on any atom is -0.497 e. The zero-order chi connectivity index (χ0) is 30.9. The van der Waals surface area contributed by atoms with Crippen LogP contribution >= 0.6 is 0 Å². The smallest absolute Gasteiger partial charge is 0.264 e. The molecule has 1 atom stereocenters. The third-order valence-electron chi connectivity index (χ3n) is 6.56. The number of ether oxygens (including phenoxy) is 4. The van der Waals surface area contributed by atoms with E-state index in [-0.39, 0.29) is 22.9 Å². The number of anilines is 1. The molecule has 3 aromatic carbocycles. The predicted molar refractivity (Wildman–Crippen MR) is 159 cm³/mol. The molecular weight excluding hydrogens is 562 g/mol. The Labute approximate surface area is 247 Å². The average Bonchev–Trinajstić information content (AvgIpc) is 3.01. The Morgan fingerprint density at radius 1 is 0.881 bits per heavy atom. The Hall–Kier alpha value is -4.45. The summed E-state index contributed by atoms with van der Waals surface area (Å²) in [4.78, 5) is 27.9. The number of benzene rings is 3. The van der Waals surface area contributed by atoms with Gasteiger partial charge in [0, 0.05) is 19.7 Å². The Morgan fingerprint density at radius 3 is 2.17 bits per heavy atom. The lowest BCUT2D eigenvalue weighted by molar-refractivity contribution is -0.139. The first-order valence-corrected chi connectivity index (χ1v) is 14.6. The molecule has 42 heavy (non-hydrogen) atoms. The summed E-state index contributed by atoms with van der Waals surface area (Å²) in [6.07, 6.45) is 0. The number of carbonyl (C=O) groups is 2. The van der Waals surface area contributed by atoms with Gasteiger partial charge in [0.25, 0.3) is 10.0 Å². The molecule has 0 spiro atoms.